The van der Waals surface area contributed by atoms with Crippen LogP contribution in [0.15, 0.2) is 83.8 Å². The van der Waals surface area contributed by atoms with Crippen molar-refractivity contribution in [3.8, 4) is 0 Å². The van der Waals surface area contributed by atoms with Gasteiger partial charge in [0.25, 0.3) is 15.9 Å². The van der Waals surface area contributed by atoms with Crippen molar-refractivity contribution in [2.45, 2.75) is 11.8 Å². The highest BCUT2D eigenvalue weighted by Crippen LogP contribution is 2.19. The molecule has 0 aliphatic heterocycles. The molecule has 26 heavy (non-hydrogen) atoms. The molecule has 0 fully saturated rings. The third-order valence-electron chi connectivity index (χ3n) is 3.84. The van der Waals surface area contributed by atoms with Crippen LogP contribution in [0.4, 0.5) is 11.4 Å². The normalized spacial score (nSPS) is 11.0. The summed E-state index contributed by atoms with van der Waals surface area (Å²) < 4.78 is 27.3. The van der Waals surface area contributed by atoms with Crippen LogP contribution in [0.1, 0.15) is 15.9 Å². The van der Waals surface area contributed by atoms with E-state index in [-0.39, 0.29) is 10.8 Å². The van der Waals surface area contributed by atoms with Crippen LogP contribution in [-0.4, -0.2) is 14.3 Å². The number of hydrogen-bond donors (Lipinski definition) is 2. The van der Waals surface area contributed by atoms with Gasteiger partial charge in [-0.3, -0.25) is 9.52 Å². The SMILES string of the molecule is Cc1ccccc1C(=O)Nc1ccc(S(=O)(=O)Nc2ccccc2)cc1. The van der Waals surface area contributed by atoms with Gasteiger partial charge >= 0.3 is 0 Å². The molecule has 0 atom stereocenters. The van der Waals surface area contributed by atoms with E-state index in [4.69, 9.17) is 0 Å². The number of benzene rings is 3. The van der Waals surface area contributed by atoms with E-state index in [1.165, 1.54) is 12.1 Å². The maximum atomic E-state index is 12.4. The van der Waals surface area contributed by atoms with Crippen LogP contribution in [0.2, 0.25) is 0 Å². The number of carbonyl (C=O) groups is 1. The van der Waals surface area contributed by atoms with Gasteiger partial charge in [-0.15, -0.1) is 0 Å². The molecule has 0 radical (unpaired) electrons. The zero-order valence-corrected chi connectivity index (χ0v) is 15.0. The number of para-hydroxylation sites is 1. The van der Waals surface area contributed by atoms with Gasteiger partial charge in [-0.2, -0.15) is 0 Å². The first-order valence-corrected chi connectivity index (χ1v) is 9.49. The number of rotatable bonds is 5. The molecule has 2 N–H and O–H groups in total. The molecule has 0 aromatic heterocycles. The molecule has 3 aromatic rings. The first-order chi connectivity index (χ1) is 12.5. The van der Waals surface area contributed by atoms with E-state index < -0.39 is 10.0 Å². The highest BCUT2D eigenvalue weighted by Gasteiger charge is 2.14. The Morgan fingerprint density at radius 2 is 1.38 bits per heavy atom. The molecule has 5 nitrogen and oxygen atoms in total. The van der Waals surface area contributed by atoms with Gasteiger partial charge in [-0.1, -0.05) is 36.4 Å². The Morgan fingerprint density at radius 3 is 2.04 bits per heavy atom. The van der Waals surface area contributed by atoms with Gasteiger partial charge in [0.2, 0.25) is 0 Å². The van der Waals surface area contributed by atoms with Crippen LogP contribution in [0.25, 0.3) is 0 Å². The Balaban J connectivity index is 1.74. The second-order valence-corrected chi connectivity index (χ2v) is 7.45. The molecule has 0 unspecified atom stereocenters. The van der Waals surface area contributed by atoms with Crippen LogP contribution in [0.3, 0.4) is 0 Å². The number of nitrogens with one attached hydrogen (secondary N) is 2. The van der Waals surface area contributed by atoms with Crippen molar-refractivity contribution < 1.29 is 13.2 Å². The third-order valence-corrected chi connectivity index (χ3v) is 5.24. The van der Waals surface area contributed by atoms with Crippen LogP contribution in [-0.2, 0) is 10.0 Å². The smallest absolute Gasteiger partial charge is 0.261 e. The fourth-order valence-corrected chi connectivity index (χ4v) is 3.52. The lowest BCUT2D eigenvalue weighted by molar-refractivity contribution is 0.102. The topological polar surface area (TPSA) is 75.3 Å². The lowest BCUT2D eigenvalue weighted by Gasteiger charge is -2.10. The Morgan fingerprint density at radius 1 is 0.769 bits per heavy atom. The average Bonchev–Trinajstić information content (AvgIpc) is 2.63. The highest BCUT2D eigenvalue weighted by atomic mass is 32.2. The van der Waals surface area contributed by atoms with E-state index >= 15 is 0 Å². The number of carbonyl (C=O) groups excluding carboxylic acids is 1. The summed E-state index contributed by atoms with van der Waals surface area (Å²) in [4.78, 5) is 12.4. The molecule has 3 rings (SSSR count). The molecule has 0 saturated heterocycles. The quantitative estimate of drug-likeness (QED) is 0.715. The van der Waals surface area contributed by atoms with Crippen molar-refractivity contribution in [3.05, 3.63) is 90.0 Å². The van der Waals surface area contributed by atoms with Crippen LogP contribution in [0.5, 0.6) is 0 Å². The maximum Gasteiger partial charge on any atom is 0.261 e. The van der Waals surface area contributed by atoms with Crippen molar-refractivity contribution in [1.82, 2.24) is 0 Å². The van der Waals surface area contributed by atoms with Crippen LogP contribution >= 0.6 is 0 Å². The molecule has 132 valence electrons. The second kappa shape index (κ2) is 7.41. The Hall–Kier alpha value is -3.12. The summed E-state index contributed by atoms with van der Waals surface area (Å²) in [7, 11) is -3.68. The zero-order chi connectivity index (χ0) is 18.6. The maximum absolute atomic E-state index is 12.4. The van der Waals surface area contributed by atoms with E-state index in [0.29, 0.717) is 16.9 Å². The van der Waals surface area contributed by atoms with Crippen molar-refractivity contribution in [2.75, 3.05) is 10.0 Å². The van der Waals surface area contributed by atoms with E-state index in [0.717, 1.165) is 5.56 Å². The molecule has 0 aliphatic carbocycles. The first kappa shape index (κ1) is 17.7. The summed E-state index contributed by atoms with van der Waals surface area (Å²) >= 11 is 0. The number of anilines is 2. The average molecular weight is 366 g/mol. The molecule has 0 bridgehead atoms. The molecule has 3 aromatic carbocycles. The largest absolute Gasteiger partial charge is 0.322 e. The standard InChI is InChI=1S/C20H18N2O3S/c1-15-7-5-6-10-19(15)20(23)21-16-11-13-18(14-12-16)26(24,25)22-17-8-3-2-4-9-17/h2-14,22H,1H3,(H,21,23). The van der Waals surface area contributed by atoms with Gasteiger partial charge in [0.15, 0.2) is 0 Å². The predicted octanol–water partition coefficient (Wildman–Crippen LogP) is 4.05. The van der Waals surface area contributed by atoms with Crippen LogP contribution in [0, 0.1) is 6.92 Å². The lowest BCUT2D eigenvalue weighted by Crippen LogP contribution is -2.14. The van der Waals surface area contributed by atoms with E-state index in [2.05, 4.69) is 10.0 Å². The Bertz CT molecular complexity index is 1010. The van der Waals surface area contributed by atoms with Crippen molar-refractivity contribution >= 4 is 27.3 Å². The van der Waals surface area contributed by atoms with Crippen molar-refractivity contribution in [1.29, 1.82) is 0 Å². The van der Waals surface area contributed by atoms with Gasteiger partial charge in [0, 0.05) is 16.9 Å². The van der Waals surface area contributed by atoms with E-state index in [9.17, 15) is 13.2 Å². The third kappa shape index (κ3) is 4.10. The van der Waals surface area contributed by atoms with Crippen LogP contribution < -0.4 is 10.0 Å². The molecule has 6 heteroatoms. The fourth-order valence-electron chi connectivity index (χ4n) is 2.46. The lowest BCUT2D eigenvalue weighted by atomic mass is 10.1. The van der Waals surface area contributed by atoms with Gasteiger partial charge < -0.3 is 5.32 Å². The summed E-state index contributed by atoms with van der Waals surface area (Å²) in [5.41, 5.74) is 2.47. The van der Waals surface area contributed by atoms with Crippen molar-refractivity contribution in [2.24, 2.45) is 0 Å². The predicted molar refractivity (Wildman–Crippen MR) is 103 cm³/mol. The molecule has 1 amide bonds. The Kier molecular flexibility index (Phi) is 5.04. The number of aryl methyl sites for hydroxylation is 1. The molecular weight excluding hydrogens is 348 g/mol. The van der Waals surface area contributed by atoms with Gasteiger partial charge in [-0.05, 0) is 55.0 Å². The van der Waals surface area contributed by atoms with E-state index in [1.54, 1.807) is 48.5 Å². The van der Waals surface area contributed by atoms with Gasteiger partial charge in [0.05, 0.1) is 4.90 Å². The van der Waals surface area contributed by atoms with Crippen molar-refractivity contribution in [3.63, 3.8) is 0 Å². The number of amides is 1. The van der Waals surface area contributed by atoms with Gasteiger partial charge in [-0.25, -0.2) is 8.42 Å². The number of hydrogen-bond acceptors (Lipinski definition) is 3. The summed E-state index contributed by atoms with van der Waals surface area (Å²) in [5.74, 6) is -0.235. The monoisotopic (exact) mass is 366 g/mol. The Labute approximate surface area is 152 Å². The first-order valence-electron chi connectivity index (χ1n) is 8.01. The molecule has 0 saturated carbocycles. The molecule has 0 aliphatic rings. The minimum absolute atomic E-state index is 0.121. The summed E-state index contributed by atoms with van der Waals surface area (Å²) in [6.07, 6.45) is 0. The summed E-state index contributed by atoms with van der Waals surface area (Å²) in [6, 6.07) is 22.0. The number of sulfonamides is 1. The zero-order valence-electron chi connectivity index (χ0n) is 14.1. The van der Waals surface area contributed by atoms with Gasteiger partial charge in [0.1, 0.15) is 0 Å². The molecule has 0 spiro atoms. The summed E-state index contributed by atoms with van der Waals surface area (Å²) in [5, 5.41) is 2.77. The molecular formula is C20H18N2O3S. The fraction of sp³-hybridized carbons (Fsp3) is 0.0500. The minimum Gasteiger partial charge on any atom is -0.322 e. The molecule has 0 heterocycles. The van der Waals surface area contributed by atoms with E-state index in [1.807, 2.05) is 25.1 Å². The summed E-state index contributed by atoms with van der Waals surface area (Å²) in [6.45, 7) is 1.86. The highest BCUT2D eigenvalue weighted by molar-refractivity contribution is 7.92. The second-order valence-electron chi connectivity index (χ2n) is 5.76. The minimum atomic E-state index is -3.68.